The molecule has 1 atom stereocenters. The van der Waals surface area contributed by atoms with Crippen LogP contribution in [0.4, 0.5) is 0 Å². The number of carbonyl (C=O) groups is 2. The Kier molecular flexibility index (Phi) is 4.65. The van der Waals surface area contributed by atoms with Crippen LogP contribution in [-0.2, 0) is 16.0 Å². The second-order valence-corrected chi connectivity index (χ2v) is 8.68. The summed E-state index contributed by atoms with van der Waals surface area (Å²) in [5.74, 6) is 0.206. The summed E-state index contributed by atoms with van der Waals surface area (Å²) in [5, 5.41) is 9.48. The Morgan fingerprint density at radius 2 is 1.67 bits per heavy atom. The zero-order chi connectivity index (χ0) is 20.1. The van der Waals surface area contributed by atoms with Crippen molar-refractivity contribution in [2.45, 2.75) is 46.6 Å². The number of carboxylic acid groups (broad SMARTS) is 1. The number of ether oxygens (including phenoxy) is 2. The lowest BCUT2D eigenvalue weighted by Gasteiger charge is -2.37. The van der Waals surface area contributed by atoms with Crippen molar-refractivity contribution < 1.29 is 24.2 Å². The molecule has 1 aliphatic heterocycles. The van der Waals surface area contributed by atoms with Gasteiger partial charge >= 0.3 is 5.97 Å². The average Bonchev–Trinajstić information content (AvgIpc) is 3.01. The Morgan fingerprint density at radius 1 is 1.11 bits per heavy atom. The zero-order valence-corrected chi connectivity index (χ0v) is 17.0. The molecule has 1 aliphatic carbocycles. The molecule has 3 rings (SSSR count). The van der Waals surface area contributed by atoms with Gasteiger partial charge in [0, 0.05) is 12.5 Å². The number of hydrogen-bond acceptors (Lipinski definition) is 4. The highest BCUT2D eigenvalue weighted by atomic mass is 16.5. The van der Waals surface area contributed by atoms with Crippen molar-refractivity contribution in [3.8, 4) is 11.5 Å². The second kappa shape index (κ2) is 6.43. The minimum atomic E-state index is -0.922. The Morgan fingerprint density at radius 3 is 2.15 bits per heavy atom. The van der Waals surface area contributed by atoms with E-state index in [-0.39, 0.29) is 29.1 Å². The number of aliphatic carboxylic acids is 1. The summed E-state index contributed by atoms with van der Waals surface area (Å²) < 4.78 is 10.8. The lowest BCUT2D eigenvalue weighted by Crippen LogP contribution is -2.42. The summed E-state index contributed by atoms with van der Waals surface area (Å²) in [6.07, 6.45) is 0.549. The van der Waals surface area contributed by atoms with Crippen LogP contribution in [-0.4, -0.2) is 42.6 Å². The van der Waals surface area contributed by atoms with Gasteiger partial charge in [-0.2, -0.15) is 0 Å². The van der Waals surface area contributed by atoms with Crippen LogP contribution in [0.1, 0.15) is 51.3 Å². The first kappa shape index (κ1) is 19.5. The van der Waals surface area contributed by atoms with Crippen molar-refractivity contribution >= 4 is 11.9 Å². The summed E-state index contributed by atoms with van der Waals surface area (Å²) in [6, 6.07) is 3.23. The Labute approximate surface area is 160 Å². The molecule has 27 heavy (non-hydrogen) atoms. The highest BCUT2D eigenvalue weighted by molar-refractivity contribution is 5.85. The van der Waals surface area contributed by atoms with Gasteiger partial charge in [0.2, 0.25) is 5.91 Å². The van der Waals surface area contributed by atoms with Crippen LogP contribution in [0.3, 0.4) is 0 Å². The van der Waals surface area contributed by atoms with E-state index in [1.165, 1.54) is 0 Å². The number of carboxylic acids is 1. The number of amides is 1. The summed E-state index contributed by atoms with van der Waals surface area (Å²) in [7, 11) is 3.13. The average molecular weight is 375 g/mol. The fraction of sp³-hybridized carbons (Fsp3) is 0.619. The predicted molar refractivity (Wildman–Crippen MR) is 101 cm³/mol. The van der Waals surface area contributed by atoms with Crippen molar-refractivity contribution in [2.24, 2.45) is 16.7 Å². The second-order valence-electron chi connectivity index (χ2n) is 8.68. The van der Waals surface area contributed by atoms with E-state index in [0.717, 1.165) is 11.1 Å². The number of nitrogens with zero attached hydrogens (tertiary/aromatic N) is 1. The maximum atomic E-state index is 13.3. The van der Waals surface area contributed by atoms with E-state index in [1.54, 1.807) is 19.1 Å². The van der Waals surface area contributed by atoms with Crippen LogP contribution in [0.15, 0.2) is 12.1 Å². The number of carbonyl (C=O) groups excluding carboxylic acids is 1. The maximum Gasteiger partial charge on any atom is 0.305 e. The van der Waals surface area contributed by atoms with Crippen molar-refractivity contribution in [2.75, 3.05) is 20.8 Å². The Bertz CT molecular complexity index is 769. The third kappa shape index (κ3) is 2.95. The van der Waals surface area contributed by atoms with Gasteiger partial charge in [0.15, 0.2) is 11.5 Å². The Hall–Kier alpha value is -2.24. The van der Waals surface area contributed by atoms with Crippen LogP contribution in [0.2, 0.25) is 0 Å². The van der Waals surface area contributed by atoms with E-state index < -0.39 is 12.0 Å². The summed E-state index contributed by atoms with van der Waals surface area (Å²) >= 11 is 0. The molecular formula is C21H29NO5. The van der Waals surface area contributed by atoms with Crippen molar-refractivity contribution in [3.05, 3.63) is 23.3 Å². The standard InChI is InChI=1S/C21H29NO5/c1-20(2)18(21(20,3)4)19(25)22-8-7-12-9-15(26-5)16(27-6)10-13(12)14(22)11-17(23)24/h9-10,14,18H,7-8,11H2,1-6H3,(H,23,24). The molecule has 1 unspecified atom stereocenters. The Balaban J connectivity index is 2.00. The van der Waals surface area contributed by atoms with E-state index >= 15 is 0 Å². The fourth-order valence-electron chi connectivity index (χ4n) is 4.66. The molecule has 6 heteroatoms. The zero-order valence-electron chi connectivity index (χ0n) is 17.0. The van der Waals surface area contributed by atoms with E-state index in [9.17, 15) is 14.7 Å². The van der Waals surface area contributed by atoms with Crippen LogP contribution in [0.25, 0.3) is 0 Å². The van der Waals surface area contributed by atoms with Gasteiger partial charge in [-0.05, 0) is 40.5 Å². The minimum absolute atomic E-state index is 0.0525. The van der Waals surface area contributed by atoms with E-state index in [4.69, 9.17) is 9.47 Å². The first-order valence-corrected chi connectivity index (χ1v) is 9.33. The smallest absolute Gasteiger partial charge is 0.305 e. The van der Waals surface area contributed by atoms with Gasteiger partial charge in [0.05, 0.1) is 26.7 Å². The van der Waals surface area contributed by atoms with E-state index in [1.807, 2.05) is 12.1 Å². The topological polar surface area (TPSA) is 76.1 Å². The molecule has 0 radical (unpaired) electrons. The third-order valence-electron chi connectivity index (χ3n) is 6.92. The van der Waals surface area contributed by atoms with Crippen LogP contribution in [0, 0.1) is 16.7 Å². The first-order chi connectivity index (χ1) is 12.6. The molecule has 0 bridgehead atoms. The molecule has 1 aromatic rings. The largest absolute Gasteiger partial charge is 0.493 e. The number of hydrogen-bond donors (Lipinski definition) is 1. The highest BCUT2D eigenvalue weighted by Gasteiger charge is 2.69. The van der Waals surface area contributed by atoms with Gasteiger partial charge in [-0.1, -0.05) is 27.7 Å². The summed E-state index contributed by atoms with van der Waals surface area (Å²) in [4.78, 5) is 26.7. The minimum Gasteiger partial charge on any atom is -0.493 e. The molecule has 1 heterocycles. The molecule has 148 valence electrons. The van der Waals surface area contributed by atoms with Crippen LogP contribution < -0.4 is 9.47 Å². The van der Waals surface area contributed by atoms with Crippen molar-refractivity contribution in [1.82, 2.24) is 4.90 Å². The number of benzene rings is 1. The van der Waals surface area contributed by atoms with Gasteiger partial charge in [0.25, 0.3) is 0 Å². The van der Waals surface area contributed by atoms with Crippen LogP contribution in [0.5, 0.6) is 11.5 Å². The number of fused-ring (bicyclic) bond motifs is 1. The molecule has 6 nitrogen and oxygen atoms in total. The molecule has 2 aliphatic rings. The quantitative estimate of drug-likeness (QED) is 0.855. The molecule has 1 aromatic carbocycles. The third-order valence-corrected chi connectivity index (χ3v) is 6.92. The van der Waals surface area contributed by atoms with Gasteiger partial charge < -0.3 is 19.5 Å². The number of rotatable bonds is 5. The SMILES string of the molecule is COc1cc2c(cc1OC)C(CC(=O)O)N(C(=O)C1C(C)(C)C1(C)C)CC2. The number of methoxy groups -OCH3 is 2. The van der Waals surface area contributed by atoms with Crippen LogP contribution >= 0.6 is 0 Å². The predicted octanol–water partition coefficient (Wildman–Crippen LogP) is 3.29. The molecule has 1 fully saturated rings. The maximum absolute atomic E-state index is 13.3. The summed E-state index contributed by atoms with van der Waals surface area (Å²) in [6.45, 7) is 8.93. The molecule has 1 amide bonds. The molecular weight excluding hydrogens is 346 g/mol. The van der Waals surface area contributed by atoms with Crippen molar-refractivity contribution in [1.29, 1.82) is 0 Å². The monoisotopic (exact) mass is 375 g/mol. The fourth-order valence-corrected chi connectivity index (χ4v) is 4.66. The molecule has 1 saturated carbocycles. The van der Waals surface area contributed by atoms with Crippen molar-refractivity contribution in [3.63, 3.8) is 0 Å². The molecule has 1 N–H and O–H groups in total. The molecule has 0 saturated heterocycles. The lowest BCUT2D eigenvalue weighted by molar-refractivity contribution is -0.142. The molecule has 0 aromatic heterocycles. The van der Waals surface area contributed by atoms with Gasteiger partial charge in [0.1, 0.15) is 0 Å². The molecule has 0 spiro atoms. The van der Waals surface area contributed by atoms with Gasteiger partial charge in [-0.15, -0.1) is 0 Å². The lowest BCUT2D eigenvalue weighted by atomic mass is 9.89. The van der Waals surface area contributed by atoms with E-state index in [2.05, 4.69) is 27.7 Å². The normalized spacial score (nSPS) is 22.7. The van der Waals surface area contributed by atoms with Gasteiger partial charge in [-0.3, -0.25) is 9.59 Å². The van der Waals surface area contributed by atoms with E-state index in [0.29, 0.717) is 24.5 Å². The summed E-state index contributed by atoms with van der Waals surface area (Å²) in [5.41, 5.74) is 1.68. The highest BCUT2D eigenvalue weighted by Crippen LogP contribution is 2.69. The van der Waals surface area contributed by atoms with Gasteiger partial charge in [-0.25, -0.2) is 0 Å². The first-order valence-electron chi connectivity index (χ1n) is 9.33.